The van der Waals surface area contributed by atoms with E-state index >= 15 is 0 Å². The molecule has 1 aliphatic carbocycles. The Balaban J connectivity index is 2.42. The minimum atomic E-state index is -2.31. The smallest absolute Gasteiger partial charge is 0.238 e. The van der Waals surface area contributed by atoms with Crippen molar-refractivity contribution in [1.82, 2.24) is 0 Å². The molecule has 1 heterocycles. The van der Waals surface area contributed by atoms with Crippen LogP contribution in [-0.4, -0.2) is 19.2 Å². The SMILES string of the molecule is O=C1CC=C2C(=S(=O)=O)Nc3cccc1c32. The van der Waals surface area contributed by atoms with E-state index in [1.165, 1.54) is 0 Å². The van der Waals surface area contributed by atoms with Crippen LogP contribution in [-0.2, 0) is 10.3 Å². The molecule has 0 spiro atoms. The third kappa shape index (κ3) is 1.09. The molecule has 0 saturated heterocycles. The van der Waals surface area contributed by atoms with Crippen LogP contribution in [0, 0.1) is 0 Å². The molecule has 3 rings (SSSR count). The second-order valence-corrected chi connectivity index (χ2v) is 4.54. The second-order valence-electron chi connectivity index (χ2n) is 3.66. The molecule has 16 heavy (non-hydrogen) atoms. The first kappa shape index (κ1) is 9.35. The van der Waals surface area contributed by atoms with Gasteiger partial charge in [0.25, 0.3) is 0 Å². The Labute approximate surface area is 93.1 Å². The van der Waals surface area contributed by atoms with Crippen LogP contribution >= 0.6 is 0 Å². The summed E-state index contributed by atoms with van der Waals surface area (Å²) in [5.74, 6) is 0.0281. The van der Waals surface area contributed by atoms with Crippen molar-refractivity contribution < 1.29 is 13.2 Å². The van der Waals surface area contributed by atoms with Crippen LogP contribution in [0.2, 0.25) is 0 Å². The van der Waals surface area contributed by atoms with E-state index in [0.717, 1.165) is 5.56 Å². The summed E-state index contributed by atoms with van der Waals surface area (Å²) in [7, 11) is -2.31. The number of allylic oxidation sites excluding steroid dienone is 1. The highest BCUT2D eigenvalue weighted by Crippen LogP contribution is 2.38. The van der Waals surface area contributed by atoms with Gasteiger partial charge in [0.1, 0.15) is 0 Å². The van der Waals surface area contributed by atoms with Crippen molar-refractivity contribution in [2.75, 3.05) is 5.32 Å². The Morgan fingerprint density at radius 1 is 1.25 bits per heavy atom. The summed E-state index contributed by atoms with van der Waals surface area (Å²) in [5.41, 5.74) is 2.63. The maximum absolute atomic E-state index is 11.7. The number of ketones is 1. The van der Waals surface area contributed by atoms with E-state index in [1.54, 1.807) is 24.3 Å². The summed E-state index contributed by atoms with van der Waals surface area (Å²) in [6.07, 6.45) is 1.92. The zero-order valence-corrected chi connectivity index (χ0v) is 8.97. The number of rotatable bonds is 0. The maximum atomic E-state index is 11.7. The van der Waals surface area contributed by atoms with E-state index < -0.39 is 10.3 Å². The standard InChI is InChI=1S/C11H7NO3S/c13-9-5-4-7-10-6(9)2-1-3-8(10)12-11(7)16(14)15/h1-4,12H,5H2. The van der Waals surface area contributed by atoms with E-state index in [0.29, 0.717) is 16.8 Å². The summed E-state index contributed by atoms with van der Waals surface area (Å²) in [6.45, 7) is 0. The number of benzene rings is 1. The lowest BCUT2D eigenvalue weighted by Crippen LogP contribution is -2.10. The number of carbonyl (C=O) groups excluding carboxylic acids is 1. The van der Waals surface area contributed by atoms with Gasteiger partial charge in [0.15, 0.2) is 10.8 Å². The molecule has 1 aromatic rings. The maximum Gasteiger partial charge on any atom is 0.238 e. The Morgan fingerprint density at radius 2 is 2.06 bits per heavy atom. The first-order valence-corrected chi connectivity index (χ1v) is 5.86. The van der Waals surface area contributed by atoms with E-state index in [4.69, 9.17) is 0 Å². The predicted molar refractivity (Wildman–Crippen MR) is 60.9 cm³/mol. The molecule has 0 atom stereocenters. The minimum Gasteiger partial charge on any atom is -0.342 e. The predicted octanol–water partition coefficient (Wildman–Crippen LogP) is 1.09. The molecule has 1 N–H and O–H groups in total. The van der Waals surface area contributed by atoms with Crippen LogP contribution in [0.3, 0.4) is 0 Å². The Morgan fingerprint density at radius 3 is 2.81 bits per heavy atom. The van der Waals surface area contributed by atoms with Crippen molar-refractivity contribution in [2.24, 2.45) is 0 Å². The summed E-state index contributed by atoms with van der Waals surface area (Å²) in [6, 6.07) is 5.25. The van der Waals surface area contributed by atoms with Crippen LogP contribution in [0.4, 0.5) is 5.69 Å². The zero-order chi connectivity index (χ0) is 11.3. The van der Waals surface area contributed by atoms with Crippen LogP contribution in [0.1, 0.15) is 22.3 Å². The molecular formula is C11H7NO3S. The molecule has 5 heteroatoms. The van der Waals surface area contributed by atoms with Gasteiger partial charge < -0.3 is 5.32 Å². The van der Waals surface area contributed by atoms with Crippen LogP contribution in [0.15, 0.2) is 24.3 Å². The topological polar surface area (TPSA) is 63.2 Å². The van der Waals surface area contributed by atoms with Gasteiger partial charge >= 0.3 is 0 Å². The van der Waals surface area contributed by atoms with Gasteiger partial charge in [-0.3, -0.25) is 4.79 Å². The molecule has 0 radical (unpaired) electrons. The lowest BCUT2D eigenvalue weighted by atomic mass is 9.91. The lowest BCUT2D eigenvalue weighted by Gasteiger charge is -2.10. The number of anilines is 1. The molecular weight excluding hydrogens is 226 g/mol. The second kappa shape index (κ2) is 3.05. The van der Waals surface area contributed by atoms with Crippen LogP contribution in [0.5, 0.6) is 0 Å². The van der Waals surface area contributed by atoms with Crippen LogP contribution < -0.4 is 5.32 Å². The molecule has 0 unspecified atom stereocenters. The molecule has 0 aromatic heterocycles. The van der Waals surface area contributed by atoms with Crippen molar-refractivity contribution in [3.63, 3.8) is 0 Å². The highest BCUT2D eigenvalue weighted by Gasteiger charge is 2.30. The Kier molecular flexibility index (Phi) is 1.79. The monoisotopic (exact) mass is 233 g/mol. The first-order valence-electron chi connectivity index (χ1n) is 4.79. The van der Waals surface area contributed by atoms with E-state index in [1.807, 2.05) is 0 Å². The zero-order valence-electron chi connectivity index (χ0n) is 8.15. The molecule has 1 aromatic carbocycles. The minimum absolute atomic E-state index is 0.0281. The molecule has 80 valence electrons. The van der Waals surface area contributed by atoms with Gasteiger partial charge in [0, 0.05) is 28.8 Å². The van der Waals surface area contributed by atoms with Gasteiger partial charge in [0.05, 0.1) is 0 Å². The van der Waals surface area contributed by atoms with Gasteiger partial charge in [0.2, 0.25) is 10.3 Å². The van der Waals surface area contributed by atoms with Gasteiger partial charge in [-0.1, -0.05) is 18.2 Å². The normalized spacial score (nSPS) is 16.6. The van der Waals surface area contributed by atoms with E-state index in [9.17, 15) is 13.2 Å². The summed E-state index contributed by atoms with van der Waals surface area (Å²) >= 11 is 0. The van der Waals surface area contributed by atoms with Crippen molar-refractivity contribution in [3.8, 4) is 0 Å². The summed E-state index contributed by atoms with van der Waals surface area (Å²) in [4.78, 5) is 11.8. The molecule has 0 fully saturated rings. The fraction of sp³-hybridized carbons (Fsp3) is 0.0909. The van der Waals surface area contributed by atoms with E-state index in [2.05, 4.69) is 5.32 Å². The van der Waals surface area contributed by atoms with Crippen molar-refractivity contribution in [3.05, 3.63) is 35.4 Å². The van der Waals surface area contributed by atoms with E-state index in [-0.39, 0.29) is 17.2 Å². The number of hydrogen-bond donors (Lipinski definition) is 1. The van der Waals surface area contributed by atoms with Gasteiger partial charge in [-0.05, 0) is 6.07 Å². The van der Waals surface area contributed by atoms with Crippen LogP contribution in [0.25, 0.3) is 5.57 Å². The quantitative estimate of drug-likeness (QED) is 0.681. The molecule has 2 aliphatic rings. The molecule has 1 aliphatic heterocycles. The van der Waals surface area contributed by atoms with Crippen molar-refractivity contribution in [2.45, 2.75) is 6.42 Å². The Bertz CT molecular complexity index is 675. The summed E-state index contributed by atoms with van der Waals surface area (Å²) in [5, 5.41) is 2.82. The number of Topliss-reactive ketones (excluding diaryl/α,β-unsaturated/α-hetero) is 1. The highest BCUT2D eigenvalue weighted by atomic mass is 32.2. The van der Waals surface area contributed by atoms with Gasteiger partial charge in [-0.2, -0.15) is 8.42 Å². The number of carbonyl (C=O) groups is 1. The van der Waals surface area contributed by atoms with Crippen molar-refractivity contribution in [1.29, 1.82) is 0 Å². The average Bonchev–Trinajstić information content (AvgIpc) is 2.64. The Hall–Kier alpha value is -1.88. The van der Waals surface area contributed by atoms with Crippen molar-refractivity contribution >= 4 is 32.3 Å². The lowest BCUT2D eigenvalue weighted by molar-refractivity contribution is 0.0994. The first-order chi connectivity index (χ1) is 7.68. The average molecular weight is 233 g/mol. The summed E-state index contributed by atoms with van der Waals surface area (Å²) < 4.78 is 22.1. The number of hydrogen-bond acceptors (Lipinski definition) is 3. The number of nitrogens with one attached hydrogen (secondary N) is 1. The third-order valence-corrected chi connectivity index (χ3v) is 3.44. The highest BCUT2D eigenvalue weighted by molar-refractivity contribution is 7.74. The fourth-order valence-corrected chi connectivity index (χ4v) is 2.67. The third-order valence-electron chi connectivity index (χ3n) is 2.79. The van der Waals surface area contributed by atoms with Gasteiger partial charge in [-0.15, -0.1) is 0 Å². The van der Waals surface area contributed by atoms with Gasteiger partial charge in [-0.25, -0.2) is 0 Å². The molecule has 4 nitrogen and oxygen atoms in total. The largest absolute Gasteiger partial charge is 0.342 e. The fourth-order valence-electron chi connectivity index (χ4n) is 2.11. The molecule has 0 saturated carbocycles. The molecule has 0 amide bonds. The molecule has 0 bridgehead atoms.